The molecule has 102 valence electrons. The highest BCUT2D eigenvalue weighted by molar-refractivity contribution is 5.99. The van der Waals surface area contributed by atoms with Crippen LogP contribution in [0.1, 0.15) is 23.2 Å². The Morgan fingerprint density at radius 1 is 1.58 bits per heavy atom. The number of rotatable bonds is 3. The minimum atomic E-state index is -0.219. The largest absolute Gasteiger partial charge is 0.347 e. The molecule has 4 N–H and O–H groups in total. The van der Waals surface area contributed by atoms with Gasteiger partial charge in [0.05, 0.1) is 17.4 Å². The Morgan fingerprint density at radius 3 is 3.05 bits per heavy atom. The Labute approximate surface area is 111 Å². The molecule has 2 rings (SSSR count). The Bertz CT molecular complexity index is 491. The molecular weight excluding hydrogens is 246 g/mol. The zero-order chi connectivity index (χ0) is 13.8. The molecule has 7 nitrogen and oxygen atoms in total. The molecule has 0 aliphatic carbocycles. The molecule has 0 aromatic carbocycles. The van der Waals surface area contributed by atoms with Crippen LogP contribution in [0.25, 0.3) is 0 Å². The SMILES string of the molecule is CN1CC(NC(=O)c2ccncc2NN)CCC1=O. The fourth-order valence-corrected chi connectivity index (χ4v) is 2.10. The van der Waals surface area contributed by atoms with E-state index in [4.69, 9.17) is 5.84 Å². The maximum atomic E-state index is 12.1. The molecule has 1 aromatic rings. The Hall–Kier alpha value is -2.15. The highest BCUT2D eigenvalue weighted by Gasteiger charge is 2.24. The first-order chi connectivity index (χ1) is 9.11. The number of nitrogens with zero attached hydrogens (tertiary/aromatic N) is 2. The van der Waals surface area contributed by atoms with E-state index >= 15 is 0 Å². The predicted octanol–water partition coefficient (Wildman–Crippen LogP) is -0.282. The molecule has 1 saturated heterocycles. The first-order valence-electron chi connectivity index (χ1n) is 6.07. The van der Waals surface area contributed by atoms with Crippen molar-refractivity contribution in [3.8, 4) is 0 Å². The fraction of sp³-hybridized carbons (Fsp3) is 0.417. The summed E-state index contributed by atoms with van der Waals surface area (Å²) >= 11 is 0. The van der Waals surface area contributed by atoms with Crippen molar-refractivity contribution >= 4 is 17.5 Å². The van der Waals surface area contributed by atoms with Gasteiger partial charge < -0.3 is 15.6 Å². The first-order valence-corrected chi connectivity index (χ1v) is 6.07. The van der Waals surface area contributed by atoms with Crippen molar-refractivity contribution in [1.29, 1.82) is 0 Å². The number of amides is 2. The number of hydrazine groups is 1. The van der Waals surface area contributed by atoms with E-state index in [1.54, 1.807) is 18.0 Å². The van der Waals surface area contributed by atoms with Crippen LogP contribution in [0.4, 0.5) is 5.69 Å². The molecule has 0 bridgehead atoms. The number of hydrogen-bond acceptors (Lipinski definition) is 5. The molecule has 19 heavy (non-hydrogen) atoms. The number of hydrogen-bond donors (Lipinski definition) is 3. The van der Waals surface area contributed by atoms with Crippen LogP contribution < -0.4 is 16.6 Å². The standard InChI is InChI=1S/C12H17N5O2/c1-17-7-8(2-3-11(17)18)15-12(19)9-4-5-14-6-10(9)16-13/h4-6,8,16H,2-3,7,13H2,1H3,(H,15,19). The van der Waals surface area contributed by atoms with E-state index in [1.807, 2.05) is 0 Å². The Morgan fingerprint density at radius 2 is 2.37 bits per heavy atom. The van der Waals surface area contributed by atoms with Crippen molar-refractivity contribution < 1.29 is 9.59 Å². The lowest BCUT2D eigenvalue weighted by molar-refractivity contribution is -0.132. The predicted molar refractivity (Wildman–Crippen MR) is 70.2 cm³/mol. The molecule has 1 fully saturated rings. The first kappa shape index (κ1) is 13.3. The average molecular weight is 263 g/mol. The summed E-state index contributed by atoms with van der Waals surface area (Å²) < 4.78 is 0. The molecule has 1 aromatic heterocycles. The maximum Gasteiger partial charge on any atom is 0.253 e. The lowest BCUT2D eigenvalue weighted by atomic mass is 10.0. The minimum Gasteiger partial charge on any atom is -0.347 e. The van der Waals surface area contributed by atoms with Crippen LogP contribution in [-0.2, 0) is 4.79 Å². The van der Waals surface area contributed by atoms with Crippen molar-refractivity contribution in [1.82, 2.24) is 15.2 Å². The normalized spacial score (nSPS) is 19.2. The molecule has 1 aliphatic heterocycles. The van der Waals surface area contributed by atoms with Gasteiger partial charge in [-0.25, -0.2) is 0 Å². The Balaban J connectivity index is 2.03. The molecule has 2 amide bonds. The van der Waals surface area contributed by atoms with Gasteiger partial charge in [0.1, 0.15) is 0 Å². The summed E-state index contributed by atoms with van der Waals surface area (Å²) in [4.78, 5) is 29.0. The molecule has 1 unspecified atom stereocenters. The number of nitrogens with two attached hydrogens (primary N) is 1. The number of likely N-dealkylation sites (tertiary alicyclic amines) is 1. The molecule has 7 heteroatoms. The molecule has 1 atom stereocenters. The monoisotopic (exact) mass is 263 g/mol. The van der Waals surface area contributed by atoms with Gasteiger partial charge in [-0.3, -0.25) is 20.4 Å². The quantitative estimate of drug-likeness (QED) is 0.514. The summed E-state index contributed by atoms with van der Waals surface area (Å²) in [6.07, 6.45) is 4.14. The second kappa shape index (κ2) is 5.66. The Kier molecular flexibility index (Phi) is 3.96. The van der Waals surface area contributed by atoms with Gasteiger partial charge in [-0.05, 0) is 12.5 Å². The number of aromatic nitrogens is 1. The highest BCUT2D eigenvalue weighted by atomic mass is 16.2. The van der Waals surface area contributed by atoms with Crippen molar-refractivity contribution in [3.05, 3.63) is 24.0 Å². The number of carbonyl (C=O) groups is 2. The summed E-state index contributed by atoms with van der Waals surface area (Å²) in [5, 5.41) is 2.90. The van der Waals surface area contributed by atoms with E-state index in [0.29, 0.717) is 30.6 Å². The van der Waals surface area contributed by atoms with E-state index in [0.717, 1.165) is 0 Å². The van der Waals surface area contributed by atoms with E-state index in [9.17, 15) is 9.59 Å². The van der Waals surface area contributed by atoms with Gasteiger partial charge in [-0.1, -0.05) is 0 Å². The topological polar surface area (TPSA) is 100 Å². The van der Waals surface area contributed by atoms with Crippen molar-refractivity contribution in [2.45, 2.75) is 18.9 Å². The summed E-state index contributed by atoms with van der Waals surface area (Å²) in [5.41, 5.74) is 3.36. The van der Waals surface area contributed by atoms with Gasteiger partial charge in [0.15, 0.2) is 0 Å². The van der Waals surface area contributed by atoms with E-state index in [2.05, 4.69) is 15.7 Å². The fourth-order valence-electron chi connectivity index (χ4n) is 2.10. The summed E-state index contributed by atoms with van der Waals surface area (Å²) in [6.45, 7) is 0.529. The van der Waals surface area contributed by atoms with Crippen molar-refractivity contribution in [2.24, 2.45) is 5.84 Å². The summed E-state index contributed by atoms with van der Waals surface area (Å²) in [6, 6.07) is 1.57. The third kappa shape index (κ3) is 3.00. The molecule has 0 spiro atoms. The number of nitrogen functional groups attached to an aromatic ring is 1. The minimum absolute atomic E-state index is 0.0333. The molecule has 0 radical (unpaired) electrons. The van der Waals surface area contributed by atoms with Gasteiger partial charge >= 0.3 is 0 Å². The maximum absolute atomic E-state index is 12.1. The van der Waals surface area contributed by atoms with Crippen LogP contribution in [0.2, 0.25) is 0 Å². The average Bonchev–Trinajstić information content (AvgIpc) is 2.43. The zero-order valence-corrected chi connectivity index (χ0v) is 10.7. The van der Waals surface area contributed by atoms with Crippen LogP contribution in [0, 0.1) is 0 Å². The summed E-state index contributed by atoms with van der Waals surface area (Å²) in [7, 11) is 1.74. The third-order valence-corrected chi connectivity index (χ3v) is 3.18. The van der Waals surface area contributed by atoms with Gasteiger partial charge in [-0.15, -0.1) is 0 Å². The van der Waals surface area contributed by atoms with E-state index in [1.165, 1.54) is 12.4 Å². The molecule has 0 saturated carbocycles. The molecular formula is C12H17N5O2. The van der Waals surface area contributed by atoms with E-state index < -0.39 is 0 Å². The van der Waals surface area contributed by atoms with E-state index in [-0.39, 0.29) is 17.9 Å². The molecule has 2 heterocycles. The number of nitrogens with one attached hydrogen (secondary N) is 2. The van der Waals surface area contributed by atoms with Gasteiger partial charge in [-0.2, -0.15) is 0 Å². The number of anilines is 1. The van der Waals surface area contributed by atoms with Gasteiger partial charge in [0.2, 0.25) is 5.91 Å². The second-order valence-electron chi connectivity index (χ2n) is 4.55. The van der Waals surface area contributed by atoms with Crippen LogP contribution in [0.15, 0.2) is 18.5 Å². The molecule has 1 aliphatic rings. The smallest absolute Gasteiger partial charge is 0.253 e. The van der Waals surface area contributed by atoms with Crippen LogP contribution in [-0.4, -0.2) is 41.3 Å². The van der Waals surface area contributed by atoms with Crippen LogP contribution in [0.5, 0.6) is 0 Å². The van der Waals surface area contributed by atoms with Gasteiger partial charge in [0, 0.05) is 32.3 Å². The number of pyridine rings is 1. The second-order valence-corrected chi connectivity index (χ2v) is 4.55. The van der Waals surface area contributed by atoms with Crippen molar-refractivity contribution in [3.63, 3.8) is 0 Å². The van der Waals surface area contributed by atoms with Gasteiger partial charge in [0.25, 0.3) is 5.91 Å². The number of likely N-dealkylation sites (N-methyl/N-ethyl adjacent to an activating group) is 1. The highest BCUT2D eigenvalue weighted by Crippen LogP contribution is 2.14. The van der Waals surface area contributed by atoms with Crippen molar-refractivity contribution in [2.75, 3.05) is 19.0 Å². The number of piperidine rings is 1. The third-order valence-electron chi connectivity index (χ3n) is 3.18. The zero-order valence-electron chi connectivity index (χ0n) is 10.7. The lowest BCUT2D eigenvalue weighted by Gasteiger charge is -2.30. The number of carbonyl (C=O) groups excluding carboxylic acids is 2. The van der Waals surface area contributed by atoms with Crippen LogP contribution in [0.3, 0.4) is 0 Å². The lowest BCUT2D eigenvalue weighted by Crippen LogP contribution is -2.48. The van der Waals surface area contributed by atoms with Crippen LogP contribution >= 0.6 is 0 Å². The summed E-state index contributed by atoms with van der Waals surface area (Å²) in [5.74, 6) is 5.23.